The average Bonchev–Trinajstić information content (AvgIpc) is 3.46. The van der Waals surface area contributed by atoms with E-state index < -0.39 is 6.04 Å². The lowest BCUT2D eigenvalue weighted by Gasteiger charge is -2.17. The van der Waals surface area contributed by atoms with Crippen LogP contribution in [0, 0.1) is 0 Å². The summed E-state index contributed by atoms with van der Waals surface area (Å²) in [4.78, 5) is 13.1. The molecule has 6 heteroatoms. The predicted octanol–water partition coefficient (Wildman–Crippen LogP) is 5.54. The van der Waals surface area contributed by atoms with Gasteiger partial charge in [-0.25, -0.2) is 0 Å². The van der Waals surface area contributed by atoms with Crippen LogP contribution in [0.25, 0.3) is 22.0 Å². The van der Waals surface area contributed by atoms with E-state index in [1.54, 1.807) is 26.4 Å². The van der Waals surface area contributed by atoms with Gasteiger partial charge in [-0.2, -0.15) is 5.10 Å². The van der Waals surface area contributed by atoms with Crippen LogP contribution in [0.3, 0.4) is 0 Å². The molecule has 0 fully saturated rings. The van der Waals surface area contributed by atoms with Gasteiger partial charge in [0.1, 0.15) is 12.4 Å². The molecule has 0 aliphatic heterocycles. The number of carbonyl (C=O) groups is 1. The number of hydrogen-bond donors (Lipinski definition) is 2. The van der Waals surface area contributed by atoms with Crippen LogP contribution in [0.15, 0.2) is 91.0 Å². The maximum absolute atomic E-state index is 11.6. The first-order chi connectivity index (χ1) is 20.1. The molecule has 0 unspecified atom stereocenters. The number of amides is 1. The van der Waals surface area contributed by atoms with Gasteiger partial charge in [0.2, 0.25) is 5.91 Å². The van der Waals surface area contributed by atoms with Crippen LogP contribution >= 0.6 is 0 Å². The first-order valence-corrected chi connectivity index (χ1v) is 12.2. The standard InChI is InChI=1S/C31H34N4O2/c1-4-28(23-9-6-5-7-10-23)31(25-14-17-29-26(21-25)22-33-34-29)24-12-15-27(16-13-24)37-20-19-32-18-8-11-30(36)35(2)3/h5-17,21-22,32H,4,18-20H2,1-3H3,(H,33,34)/b11-8+,31-28+/i5D,6D,7D,9D,10D. The number of carbonyl (C=O) groups excluding carboxylic acids is 1. The molecule has 0 aliphatic rings. The Morgan fingerprint density at radius 2 is 1.84 bits per heavy atom. The van der Waals surface area contributed by atoms with E-state index in [2.05, 4.69) is 15.5 Å². The van der Waals surface area contributed by atoms with Crippen LogP contribution in [0.5, 0.6) is 5.75 Å². The molecule has 0 saturated heterocycles. The highest BCUT2D eigenvalue weighted by molar-refractivity contribution is 6.00. The second-order valence-electron chi connectivity index (χ2n) is 8.59. The fraction of sp³-hybridized carbons (Fsp3) is 0.226. The van der Waals surface area contributed by atoms with E-state index in [1.165, 1.54) is 11.0 Å². The number of hydrogen-bond acceptors (Lipinski definition) is 4. The molecule has 4 aromatic rings. The molecule has 0 saturated carbocycles. The van der Waals surface area contributed by atoms with Gasteiger partial charge in [0.05, 0.1) is 18.6 Å². The van der Waals surface area contributed by atoms with E-state index in [4.69, 9.17) is 11.6 Å². The lowest BCUT2D eigenvalue weighted by atomic mass is 9.88. The van der Waals surface area contributed by atoms with Crippen molar-refractivity contribution in [3.05, 3.63) is 108 Å². The number of nitrogens with zero attached hydrogens (tertiary/aromatic N) is 2. The van der Waals surface area contributed by atoms with Crippen molar-refractivity contribution < 1.29 is 16.4 Å². The Morgan fingerprint density at radius 3 is 2.57 bits per heavy atom. The molecule has 190 valence electrons. The smallest absolute Gasteiger partial charge is 0.245 e. The summed E-state index contributed by atoms with van der Waals surface area (Å²) in [6.45, 7) is 3.49. The van der Waals surface area contributed by atoms with Gasteiger partial charge in [0.15, 0.2) is 0 Å². The normalized spacial score (nSPS) is 14.0. The maximum atomic E-state index is 11.6. The minimum absolute atomic E-state index is 0.0657. The summed E-state index contributed by atoms with van der Waals surface area (Å²) in [6.07, 6.45) is 5.46. The van der Waals surface area contributed by atoms with E-state index in [9.17, 15) is 4.79 Å². The van der Waals surface area contributed by atoms with E-state index in [0.717, 1.165) is 27.6 Å². The number of benzene rings is 3. The Morgan fingerprint density at radius 1 is 1.08 bits per heavy atom. The SMILES string of the molecule is [2H]c1c([2H])c([2H])c(/C(CC)=C(\c2ccc(OCCNC/C=C/C(=O)N(C)C)cc2)c2ccc3[nH]ncc3c2)c([2H])c1[2H]. The number of rotatable bonds is 11. The van der Waals surface area contributed by atoms with Crippen molar-refractivity contribution in [2.24, 2.45) is 0 Å². The summed E-state index contributed by atoms with van der Waals surface area (Å²) in [5, 5.41) is 11.2. The van der Waals surface area contributed by atoms with Crippen molar-refractivity contribution in [3.8, 4) is 5.75 Å². The van der Waals surface area contributed by atoms with Gasteiger partial charge in [0.25, 0.3) is 0 Å². The molecule has 1 amide bonds. The third-order valence-electron chi connectivity index (χ3n) is 5.84. The molecule has 0 atom stereocenters. The molecule has 2 N–H and O–H groups in total. The van der Waals surface area contributed by atoms with Crippen molar-refractivity contribution in [3.63, 3.8) is 0 Å². The number of ether oxygens (including phenoxy) is 1. The van der Waals surface area contributed by atoms with Crippen LogP contribution in [0.2, 0.25) is 0 Å². The van der Waals surface area contributed by atoms with Crippen LogP contribution in [0.4, 0.5) is 0 Å². The van der Waals surface area contributed by atoms with E-state index in [-0.39, 0.29) is 35.6 Å². The summed E-state index contributed by atoms with van der Waals surface area (Å²) >= 11 is 0. The zero-order chi connectivity index (χ0) is 30.4. The van der Waals surface area contributed by atoms with Gasteiger partial charge < -0.3 is 15.0 Å². The quantitative estimate of drug-likeness (QED) is 0.161. The van der Waals surface area contributed by atoms with Crippen LogP contribution in [-0.4, -0.2) is 54.8 Å². The number of likely N-dealkylation sites (N-methyl/N-ethyl adjacent to an activating group) is 1. The fourth-order valence-electron chi connectivity index (χ4n) is 3.95. The Bertz CT molecular complexity index is 1620. The lowest BCUT2D eigenvalue weighted by Crippen LogP contribution is -2.22. The lowest BCUT2D eigenvalue weighted by molar-refractivity contribution is -0.123. The average molecular weight is 500 g/mol. The summed E-state index contributed by atoms with van der Waals surface area (Å²) < 4.78 is 47.7. The van der Waals surface area contributed by atoms with Crippen LogP contribution < -0.4 is 10.1 Å². The Kier molecular flexibility index (Phi) is 6.85. The van der Waals surface area contributed by atoms with E-state index in [1.807, 2.05) is 49.4 Å². The molecule has 0 spiro atoms. The first-order valence-electron chi connectivity index (χ1n) is 14.7. The first kappa shape index (κ1) is 20.0. The number of nitrogens with one attached hydrogen (secondary N) is 2. The van der Waals surface area contributed by atoms with Gasteiger partial charge in [-0.3, -0.25) is 9.89 Å². The summed E-state index contributed by atoms with van der Waals surface area (Å²) in [7, 11) is 3.41. The number of H-pyrrole nitrogens is 1. The van der Waals surface area contributed by atoms with Gasteiger partial charge in [-0.15, -0.1) is 0 Å². The highest BCUT2D eigenvalue weighted by Crippen LogP contribution is 2.36. The number of aromatic amines is 1. The molecule has 3 aromatic carbocycles. The minimum atomic E-state index is -0.417. The number of aromatic nitrogens is 2. The van der Waals surface area contributed by atoms with Crippen molar-refractivity contribution in [1.82, 2.24) is 20.4 Å². The molecule has 37 heavy (non-hydrogen) atoms. The highest BCUT2D eigenvalue weighted by Gasteiger charge is 2.14. The molecule has 0 bridgehead atoms. The largest absolute Gasteiger partial charge is 0.492 e. The Labute approximate surface area is 225 Å². The number of fused-ring (bicyclic) bond motifs is 1. The van der Waals surface area contributed by atoms with Gasteiger partial charge >= 0.3 is 0 Å². The maximum Gasteiger partial charge on any atom is 0.245 e. The van der Waals surface area contributed by atoms with Gasteiger partial charge in [-0.05, 0) is 58.5 Å². The monoisotopic (exact) mass is 499 g/mol. The van der Waals surface area contributed by atoms with E-state index in [0.29, 0.717) is 37.4 Å². The zero-order valence-electron chi connectivity index (χ0n) is 26.3. The summed E-state index contributed by atoms with van der Waals surface area (Å²) in [6, 6.07) is 11.8. The van der Waals surface area contributed by atoms with Crippen molar-refractivity contribution >= 4 is 28.0 Å². The molecule has 1 heterocycles. The zero-order valence-corrected chi connectivity index (χ0v) is 21.3. The third-order valence-corrected chi connectivity index (χ3v) is 5.84. The number of allylic oxidation sites excluding steroid dienone is 1. The topological polar surface area (TPSA) is 70.2 Å². The van der Waals surface area contributed by atoms with Crippen LogP contribution in [0.1, 0.15) is 36.9 Å². The molecule has 4 rings (SSSR count). The second-order valence-corrected chi connectivity index (χ2v) is 8.59. The van der Waals surface area contributed by atoms with E-state index >= 15 is 0 Å². The van der Waals surface area contributed by atoms with Crippen molar-refractivity contribution in [2.45, 2.75) is 13.3 Å². The predicted molar refractivity (Wildman–Crippen MR) is 151 cm³/mol. The van der Waals surface area contributed by atoms with Gasteiger partial charge in [0, 0.05) is 38.6 Å². The van der Waals surface area contributed by atoms with Gasteiger partial charge in [-0.1, -0.05) is 61.4 Å². The fourth-order valence-corrected chi connectivity index (χ4v) is 3.95. The minimum Gasteiger partial charge on any atom is -0.492 e. The third kappa shape index (κ3) is 6.74. The Balaban J connectivity index is 1.65. The highest BCUT2D eigenvalue weighted by atomic mass is 16.5. The second kappa shape index (κ2) is 12.7. The molecule has 0 aliphatic carbocycles. The molecular weight excluding hydrogens is 460 g/mol. The van der Waals surface area contributed by atoms with Crippen LogP contribution in [-0.2, 0) is 4.79 Å². The molecule has 0 radical (unpaired) electrons. The molecule has 6 nitrogen and oxygen atoms in total. The Hall–Kier alpha value is -4.16. The summed E-state index contributed by atoms with van der Waals surface area (Å²) in [5.41, 5.74) is 4.14. The molecule has 1 aromatic heterocycles. The van der Waals surface area contributed by atoms with Crippen molar-refractivity contribution in [2.75, 3.05) is 33.8 Å². The summed E-state index contributed by atoms with van der Waals surface area (Å²) in [5.74, 6) is 0.605. The van der Waals surface area contributed by atoms with Crippen molar-refractivity contribution in [1.29, 1.82) is 0 Å². The molecular formula is C31H34N4O2.